The van der Waals surface area contributed by atoms with E-state index in [2.05, 4.69) is 56.4 Å². The summed E-state index contributed by atoms with van der Waals surface area (Å²) in [6.07, 6.45) is 9.12. The fraction of sp³-hybridized carbons (Fsp3) is 0.407. The number of benzene rings is 2. The van der Waals surface area contributed by atoms with E-state index in [0.717, 1.165) is 53.1 Å². The molecule has 2 N–H and O–H groups in total. The molecule has 0 radical (unpaired) electrons. The Balaban J connectivity index is 1.81. The fourth-order valence-corrected chi connectivity index (χ4v) is 5.67. The second-order valence-corrected chi connectivity index (χ2v) is 9.69. The van der Waals surface area contributed by atoms with Crippen LogP contribution in [-0.2, 0) is 0 Å². The Morgan fingerprint density at radius 3 is 2.71 bits per heavy atom. The van der Waals surface area contributed by atoms with Crippen molar-refractivity contribution in [2.45, 2.75) is 51.7 Å². The fourth-order valence-electron chi connectivity index (χ4n) is 5.67. The molecule has 0 amide bonds. The third-order valence-corrected chi connectivity index (χ3v) is 7.03. The Kier molecular flexibility index (Phi) is 4.67. The van der Waals surface area contributed by atoms with E-state index in [1.807, 2.05) is 18.2 Å². The molecule has 2 aromatic carbocycles. The van der Waals surface area contributed by atoms with Crippen LogP contribution in [0.2, 0.25) is 0 Å². The van der Waals surface area contributed by atoms with E-state index >= 15 is 0 Å². The van der Waals surface area contributed by atoms with Gasteiger partial charge in [0.25, 0.3) is 0 Å². The summed E-state index contributed by atoms with van der Waals surface area (Å²) >= 11 is 0. The Morgan fingerprint density at radius 2 is 2.00 bits per heavy atom. The van der Waals surface area contributed by atoms with E-state index < -0.39 is 0 Å². The van der Waals surface area contributed by atoms with Crippen LogP contribution in [-0.4, -0.2) is 24.4 Å². The van der Waals surface area contributed by atoms with Gasteiger partial charge in [-0.2, -0.15) is 0 Å². The highest BCUT2D eigenvalue weighted by Crippen LogP contribution is 2.57. The van der Waals surface area contributed by atoms with Gasteiger partial charge < -0.3 is 19.9 Å². The number of hydrogen-bond donors (Lipinski definition) is 2. The van der Waals surface area contributed by atoms with Crippen molar-refractivity contribution in [3.63, 3.8) is 0 Å². The first-order chi connectivity index (χ1) is 14.9. The molecule has 2 heterocycles. The average molecular weight is 418 g/mol. The van der Waals surface area contributed by atoms with Crippen LogP contribution in [0.15, 0.2) is 48.6 Å². The molecule has 4 nitrogen and oxygen atoms in total. The van der Waals surface area contributed by atoms with Gasteiger partial charge in [-0.05, 0) is 69.4 Å². The van der Waals surface area contributed by atoms with Crippen molar-refractivity contribution in [3.05, 3.63) is 59.7 Å². The van der Waals surface area contributed by atoms with Gasteiger partial charge in [0.1, 0.15) is 17.6 Å². The van der Waals surface area contributed by atoms with Crippen LogP contribution in [0.1, 0.15) is 57.3 Å². The summed E-state index contributed by atoms with van der Waals surface area (Å²) in [7, 11) is 1.70. The van der Waals surface area contributed by atoms with E-state index in [-0.39, 0.29) is 23.7 Å². The zero-order chi connectivity index (χ0) is 21.8. The lowest BCUT2D eigenvalue weighted by molar-refractivity contribution is -0.0120. The van der Waals surface area contributed by atoms with Crippen molar-refractivity contribution in [2.75, 3.05) is 19.0 Å². The van der Waals surface area contributed by atoms with Gasteiger partial charge in [0.15, 0.2) is 0 Å². The Bertz CT molecular complexity index is 1100. The summed E-state index contributed by atoms with van der Waals surface area (Å²) < 4.78 is 12.5. The topological polar surface area (TPSA) is 50.7 Å². The standard InChI is InChI=1S/C27H31NO3/c1-17-15-26(2,3)28-19-12-11-18-23-20(30-4)9-8-10-21(23)31-25(24(18)22(17)19)27(16-29)13-6-5-7-14-27/h5-6,8-12,15,25,28-29H,7,13-14,16H2,1-4H3. The Hall–Kier alpha value is -2.72. The normalized spacial score (nSPS) is 25.3. The number of allylic oxidation sites excluding steroid dienone is 3. The number of hydrogen-bond acceptors (Lipinski definition) is 4. The molecule has 2 atom stereocenters. The van der Waals surface area contributed by atoms with Gasteiger partial charge in [0.2, 0.25) is 0 Å². The van der Waals surface area contributed by atoms with Crippen molar-refractivity contribution >= 4 is 11.3 Å². The monoisotopic (exact) mass is 417 g/mol. The second-order valence-electron chi connectivity index (χ2n) is 9.69. The number of methoxy groups -OCH3 is 1. The highest BCUT2D eigenvalue weighted by Gasteiger charge is 2.46. The first-order valence-corrected chi connectivity index (χ1v) is 11.1. The van der Waals surface area contributed by atoms with E-state index in [1.54, 1.807) is 7.11 Å². The summed E-state index contributed by atoms with van der Waals surface area (Å²) in [5.74, 6) is 1.63. The molecule has 4 heteroatoms. The smallest absolute Gasteiger partial charge is 0.133 e. The summed E-state index contributed by atoms with van der Waals surface area (Å²) in [5, 5.41) is 14.3. The van der Waals surface area contributed by atoms with E-state index in [0.29, 0.717) is 0 Å². The maximum atomic E-state index is 10.7. The molecule has 1 aliphatic carbocycles. The van der Waals surface area contributed by atoms with Gasteiger partial charge in [0, 0.05) is 22.2 Å². The van der Waals surface area contributed by atoms with Gasteiger partial charge in [-0.15, -0.1) is 0 Å². The Labute approximate surface area is 184 Å². The number of aliphatic hydroxyl groups is 1. The number of ether oxygens (including phenoxy) is 2. The predicted octanol–water partition coefficient (Wildman–Crippen LogP) is 6.12. The molecule has 2 unspecified atom stereocenters. The van der Waals surface area contributed by atoms with Crippen molar-refractivity contribution < 1.29 is 14.6 Å². The highest BCUT2D eigenvalue weighted by molar-refractivity contribution is 5.91. The lowest BCUT2D eigenvalue weighted by Gasteiger charge is -2.45. The first kappa shape index (κ1) is 20.2. The average Bonchev–Trinajstić information content (AvgIpc) is 2.77. The van der Waals surface area contributed by atoms with Crippen molar-refractivity contribution in [1.82, 2.24) is 0 Å². The van der Waals surface area contributed by atoms with Gasteiger partial charge in [0.05, 0.1) is 24.8 Å². The first-order valence-electron chi connectivity index (χ1n) is 11.1. The third kappa shape index (κ3) is 3.08. The molecule has 0 aromatic heterocycles. The molecular formula is C27H31NO3. The van der Waals surface area contributed by atoms with Gasteiger partial charge in [-0.3, -0.25) is 0 Å². The van der Waals surface area contributed by atoms with Crippen LogP contribution >= 0.6 is 0 Å². The number of aliphatic hydroxyl groups excluding tert-OH is 1. The number of rotatable bonds is 3. The molecule has 0 bridgehead atoms. The summed E-state index contributed by atoms with van der Waals surface area (Å²) in [6.45, 7) is 6.65. The number of fused-ring (bicyclic) bond motifs is 5. The molecule has 0 spiro atoms. The zero-order valence-electron chi connectivity index (χ0n) is 18.8. The molecular weight excluding hydrogens is 386 g/mol. The van der Waals surface area contributed by atoms with Crippen LogP contribution < -0.4 is 14.8 Å². The summed E-state index contributed by atoms with van der Waals surface area (Å²) in [4.78, 5) is 0. The van der Waals surface area contributed by atoms with Crippen LogP contribution in [0.5, 0.6) is 11.5 Å². The maximum Gasteiger partial charge on any atom is 0.133 e. The summed E-state index contributed by atoms with van der Waals surface area (Å²) in [5.41, 5.74) is 6.38. The van der Waals surface area contributed by atoms with E-state index in [4.69, 9.17) is 9.47 Å². The lowest BCUT2D eigenvalue weighted by Crippen LogP contribution is -2.40. The molecule has 0 saturated carbocycles. The minimum atomic E-state index is -0.355. The molecule has 2 aromatic rings. The van der Waals surface area contributed by atoms with Gasteiger partial charge >= 0.3 is 0 Å². The minimum Gasteiger partial charge on any atom is -0.496 e. The second kappa shape index (κ2) is 7.16. The van der Waals surface area contributed by atoms with Crippen molar-refractivity contribution in [3.8, 4) is 22.6 Å². The number of anilines is 1. The van der Waals surface area contributed by atoms with E-state index in [9.17, 15) is 5.11 Å². The van der Waals surface area contributed by atoms with Crippen molar-refractivity contribution in [1.29, 1.82) is 0 Å². The molecule has 3 aliphatic rings. The SMILES string of the molecule is COc1cccc2c1-c1ccc3c(c1C(C1(CO)CC=CCC1)O2)C(C)=CC(C)(C)N3. The lowest BCUT2D eigenvalue weighted by atomic mass is 9.67. The molecule has 0 fully saturated rings. The molecule has 31 heavy (non-hydrogen) atoms. The van der Waals surface area contributed by atoms with Crippen LogP contribution in [0, 0.1) is 5.41 Å². The molecule has 5 rings (SSSR count). The zero-order valence-corrected chi connectivity index (χ0v) is 18.8. The molecule has 162 valence electrons. The molecule has 0 saturated heterocycles. The van der Waals surface area contributed by atoms with Crippen LogP contribution in [0.4, 0.5) is 5.69 Å². The predicted molar refractivity (Wildman–Crippen MR) is 126 cm³/mol. The minimum absolute atomic E-state index is 0.0894. The summed E-state index contributed by atoms with van der Waals surface area (Å²) in [6, 6.07) is 10.3. The Morgan fingerprint density at radius 1 is 1.16 bits per heavy atom. The largest absolute Gasteiger partial charge is 0.496 e. The van der Waals surface area contributed by atoms with Crippen LogP contribution in [0.3, 0.4) is 0 Å². The van der Waals surface area contributed by atoms with Gasteiger partial charge in [-0.1, -0.05) is 30.4 Å². The van der Waals surface area contributed by atoms with Gasteiger partial charge in [-0.25, -0.2) is 0 Å². The third-order valence-electron chi connectivity index (χ3n) is 7.03. The molecule has 2 aliphatic heterocycles. The van der Waals surface area contributed by atoms with E-state index in [1.165, 1.54) is 11.1 Å². The van der Waals surface area contributed by atoms with Crippen LogP contribution in [0.25, 0.3) is 16.7 Å². The maximum absolute atomic E-state index is 10.7. The number of nitrogens with one attached hydrogen (secondary N) is 1. The quantitative estimate of drug-likeness (QED) is 0.591. The highest BCUT2D eigenvalue weighted by atomic mass is 16.5. The van der Waals surface area contributed by atoms with Crippen molar-refractivity contribution in [2.24, 2.45) is 5.41 Å².